The monoisotopic (exact) mass is 759 g/mol. The SMILES string of the molecule is C=CC(=O)OC(C)[C@H](CC(=O)OC(C)(C)C)C(=O)N1C[C@H](OC(=O)N2Cc3cccc(F)c3C2)C[C@H]1C(=O)C[C@]1(C(=O)NS(=O)(=O)C2CC2)C[C@H]1C=C. The molecule has 1 aromatic rings. The molecule has 0 radical (unpaired) electrons. The lowest BCUT2D eigenvalue weighted by Crippen LogP contribution is -2.49. The van der Waals surface area contributed by atoms with E-state index in [-0.39, 0.29) is 32.5 Å². The van der Waals surface area contributed by atoms with Gasteiger partial charge in [-0.1, -0.05) is 24.8 Å². The lowest BCUT2D eigenvalue weighted by Gasteiger charge is -2.31. The maximum Gasteiger partial charge on any atom is 0.410 e. The van der Waals surface area contributed by atoms with Crippen molar-refractivity contribution in [1.29, 1.82) is 0 Å². The molecule has 53 heavy (non-hydrogen) atoms. The summed E-state index contributed by atoms with van der Waals surface area (Å²) in [5, 5.41) is -0.683. The summed E-state index contributed by atoms with van der Waals surface area (Å²) in [6.45, 7) is 13.2. The van der Waals surface area contributed by atoms with Crippen molar-refractivity contribution in [2.75, 3.05) is 6.54 Å². The van der Waals surface area contributed by atoms with E-state index in [1.54, 1.807) is 26.8 Å². The molecule has 1 unspecified atom stereocenters. The van der Waals surface area contributed by atoms with Gasteiger partial charge < -0.3 is 19.1 Å². The molecule has 0 spiro atoms. The first-order chi connectivity index (χ1) is 24.8. The Morgan fingerprint density at radius 2 is 1.81 bits per heavy atom. The van der Waals surface area contributed by atoms with E-state index in [2.05, 4.69) is 17.9 Å². The highest BCUT2D eigenvalue weighted by molar-refractivity contribution is 7.90. The first-order valence-electron chi connectivity index (χ1n) is 17.6. The highest BCUT2D eigenvalue weighted by Gasteiger charge is 2.61. The fourth-order valence-electron chi connectivity index (χ4n) is 7.01. The molecule has 14 nitrogen and oxygen atoms in total. The molecule has 1 saturated heterocycles. The number of benzene rings is 1. The lowest BCUT2D eigenvalue weighted by atomic mass is 9.90. The smallest absolute Gasteiger partial charge is 0.410 e. The first kappa shape index (κ1) is 39.6. The van der Waals surface area contributed by atoms with Gasteiger partial charge in [0.15, 0.2) is 5.78 Å². The molecule has 2 aliphatic carbocycles. The van der Waals surface area contributed by atoms with E-state index in [1.165, 1.54) is 30.0 Å². The zero-order valence-corrected chi connectivity index (χ0v) is 31.1. The summed E-state index contributed by atoms with van der Waals surface area (Å²) in [5.74, 6) is -6.20. The maximum atomic E-state index is 14.4. The summed E-state index contributed by atoms with van der Waals surface area (Å²) in [7, 11) is -3.94. The van der Waals surface area contributed by atoms with Crippen molar-refractivity contribution < 1.29 is 55.8 Å². The first-order valence-corrected chi connectivity index (χ1v) is 19.1. The van der Waals surface area contributed by atoms with Crippen molar-refractivity contribution in [2.45, 2.75) is 108 Å². The number of likely N-dealkylation sites (tertiary alicyclic amines) is 1. The molecule has 2 saturated carbocycles. The molecule has 1 aromatic carbocycles. The fraction of sp³-hybridized carbons (Fsp3) is 0.568. The van der Waals surface area contributed by atoms with Crippen LogP contribution in [0.4, 0.5) is 9.18 Å². The number of hydrogen-bond donors (Lipinski definition) is 1. The predicted molar refractivity (Wildman–Crippen MR) is 186 cm³/mol. The van der Waals surface area contributed by atoms with Crippen LogP contribution in [0, 0.1) is 23.1 Å². The number of esters is 2. The largest absolute Gasteiger partial charge is 0.460 e. The summed E-state index contributed by atoms with van der Waals surface area (Å²) >= 11 is 0. The van der Waals surface area contributed by atoms with Crippen LogP contribution in [0.2, 0.25) is 0 Å². The molecule has 2 heterocycles. The molecule has 0 aromatic heterocycles. The van der Waals surface area contributed by atoms with Gasteiger partial charge in [-0.25, -0.2) is 22.4 Å². The molecule has 2 aliphatic heterocycles. The third-order valence-electron chi connectivity index (χ3n) is 10.1. The highest BCUT2D eigenvalue weighted by Crippen LogP contribution is 2.57. The second kappa shape index (κ2) is 15.0. The Hall–Kier alpha value is -4.60. The van der Waals surface area contributed by atoms with E-state index in [1.807, 2.05) is 0 Å². The van der Waals surface area contributed by atoms with Crippen molar-refractivity contribution in [3.8, 4) is 0 Å². The van der Waals surface area contributed by atoms with Crippen LogP contribution < -0.4 is 4.72 Å². The second-order valence-corrected chi connectivity index (χ2v) is 17.2. The number of ketones is 1. The van der Waals surface area contributed by atoms with Gasteiger partial charge in [0.2, 0.25) is 21.8 Å². The average molecular weight is 760 g/mol. The molecular weight excluding hydrogens is 713 g/mol. The lowest BCUT2D eigenvalue weighted by molar-refractivity contribution is -0.164. The number of allylic oxidation sites excluding steroid dienone is 1. The minimum Gasteiger partial charge on any atom is -0.460 e. The Labute approximate surface area is 308 Å². The van der Waals surface area contributed by atoms with Gasteiger partial charge in [0, 0.05) is 31.0 Å². The van der Waals surface area contributed by atoms with Crippen molar-refractivity contribution in [3.05, 3.63) is 60.5 Å². The number of fused-ring (bicyclic) bond motifs is 1. The van der Waals surface area contributed by atoms with Crippen molar-refractivity contribution in [1.82, 2.24) is 14.5 Å². The van der Waals surface area contributed by atoms with Crippen LogP contribution in [0.25, 0.3) is 0 Å². The van der Waals surface area contributed by atoms with E-state index in [9.17, 15) is 41.6 Å². The van der Waals surface area contributed by atoms with Crippen LogP contribution in [-0.2, 0) is 61.3 Å². The number of rotatable bonds is 14. The summed E-state index contributed by atoms with van der Waals surface area (Å²) in [5.41, 5.74) is -1.39. The number of halogens is 1. The zero-order valence-electron chi connectivity index (χ0n) is 30.3. The van der Waals surface area contributed by atoms with Gasteiger partial charge >= 0.3 is 18.0 Å². The Bertz CT molecular complexity index is 1820. The maximum absolute atomic E-state index is 14.4. The number of hydrogen-bond acceptors (Lipinski definition) is 11. The number of nitrogens with one attached hydrogen (secondary N) is 1. The summed E-state index contributed by atoms with van der Waals surface area (Å²) < 4.78 is 58.5. The molecule has 3 amide bonds. The number of nitrogens with zero attached hydrogens (tertiary/aromatic N) is 2. The molecule has 4 aliphatic rings. The van der Waals surface area contributed by atoms with Crippen molar-refractivity contribution >= 4 is 45.7 Å². The predicted octanol–water partition coefficient (Wildman–Crippen LogP) is 3.47. The molecule has 1 N–H and O–H groups in total. The van der Waals surface area contributed by atoms with Gasteiger partial charge in [0.25, 0.3) is 0 Å². The van der Waals surface area contributed by atoms with Crippen LogP contribution in [-0.4, -0.2) is 89.5 Å². The number of amides is 3. The minimum atomic E-state index is -3.94. The van der Waals surface area contributed by atoms with Crippen molar-refractivity contribution in [2.24, 2.45) is 17.3 Å². The van der Waals surface area contributed by atoms with E-state index >= 15 is 0 Å². The van der Waals surface area contributed by atoms with Gasteiger partial charge in [-0.05, 0) is 64.5 Å². The average Bonchev–Trinajstić information content (AvgIpc) is 3.96. The minimum absolute atomic E-state index is 0.0486. The number of carbonyl (C=O) groups excluding carboxylic acids is 6. The van der Waals surface area contributed by atoms with Crippen LogP contribution in [0.15, 0.2) is 43.5 Å². The molecule has 3 fully saturated rings. The van der Waals surface area contributed by atoms with Gasteiger partial charge in [-0.15, -0.1) is 6.58 Å². The van der Waals surface area contributed by atoms with Crippen molar-refractivity contribution in [3.63, 3.8) is 0 Å². The molecule has 6 atom stereocenters. The Morgan fingerprint density at radius 1 is 1.11 bits per heavy atom. The molecule has 0 bridgehead atoms. The summed E-state index contributed by atoms with van der Waals surface area (Å²) in [6, 6.07) is 3.23. The zero-order chi connectivity index (χ0) is 39.0. The van der Waals surface area contributed by atoms with Crippen LogP contribution in [0.5, 0.6) is 0 Å². The number of sulfonamides is 1. The van der Waals surface area contributed by atoms with Crippen LogP contribution in [0.3, 0.4) is 0 Å². The number of carbonyl (C=O) groups is 6. The van der Waals surface area contributed by atoms with E-state index in [4.69, 9.17) is 14.2 Å². The third-order valence-corrected chi connectivity index (χ3v) is 11.9. The van der Waals surface area contributed by atoms with Gasteiger partial charge in [0.05, 0.1) is 42.1 Å². The Kier molecular flexibility index (Phi) is 11.2. The van der Waals surface area contributed by atoms with E-state index in [0.717, 1.165) is 11.0 Å². The van der Waals surface area contributed by atoms with Gasteiger partial charge in [-0.2, -0.15) is 0 Å². The standard InChI is InChI=1S/C37H46FN3O11S/c1-7-23-16-37(23,34(46)39-53(48,49)25-12-13-25)17-30(42)29-14-24(51-35(47)40-18-22-10-9-11-28(38)27(22)20-40)19-41(29)33(45)26(21(3)50-31(43)8-2)15-32(44)52-36(4,5)6/h7-11,21,23-26,29H,1-2,12-20H2,3-6H3,(H,39,46)/t21?,23-,24-,26+,29+,37-/m1/s1. The Morgan fingerprint density at radius 3 is 2.40 bits per heavy atom. The summed E-state index contributed by atoms with van der Waals surface area (Å²) in [4.78, 5) is 83.1. The summed E-state index contributed by atoms with van der Waals surface area (Å²) in [6.07, 6.45) is -0.880. The quantitative estimate of drug-likeness (QED) is 0.127. The van der Waals surface area contributed by atoms with Crippen LogP contribution >= 0.6 is 0 Å². The molecule has 16 heteroatoms. The van der Waals surface area contributed by atoms with E-state index < -0.39 is 111 Å². The Balaban J connectivity index is 1.41. The molecule has 5 rings (SSSR count). The second-order valence-electron chi connectivity index (χ2n) is 15.2. The van der Waals surface area contributed by atoms with E-state index in [0.29, 0.717) is 24.0 Å². The van der Waals surface area contributed by atoms with Gasteiger partial charge in [-0.3, -0.25) is 28.8 Å². The van der Waals surface area contributed by atoms with Crippen LogP contribution in [0.1, 0.15) is 77.3 Å². The normalized spacial score (nSPS) is 24.7. The van der Waals surface area contributed by atoms with Gasteiger partial charge in [0.1, 0.15) is 23.6 Å². The number of Topliss-reactive ketones (excluding diaryl/α,β-unsaturated/α-hetero) is 1. The fourth-order valence-corrected chi connectivity index (χ4v) is 8.40. The third kappa shape index (κ3) is 8.96. The number of ether oxygens (including phenoxy) is 3. The molecule has 288 valence electrons. The molecular formula is C37H46FN3O11S. The highest BCUT2D eigenvalue weighted by atomic mass is 32.2. The topological polar surface area (TPSA) is 183 Å².